The Labute approximate surface area is 212 Å². The average molecular weight is 534 g/mol. The molecular formula is C25H26F3N5O3S. The molecule has 1 amide bonds. The minimum atomic E-state index is -4.52. The van der Waals surface area contributed by atoms with Gasteiger partial charge in [0, 0.05) is 31.7 Å². The second kappa shape index (κ2) is 10.1. The first-order valence-corrected chi connectivity index (χ1v) is 13.3. The number of sulfone groups is 1. The summed E-state index contributed by atoms with van der Waals surface area (Å²) in [6.07, 6.45) is -1.53. The second-order valence-corrected chi connectivity index (χ2v) is 11.4. The van der Waals surface area contributed by atoms with Crippen molar-refractivity contribution in [2.45, 2.75) is 51.0 Å². The molecule has 0 aliphatic carbocycles. The third kappa shape index (κ3) is 5.58. The SMILES string of the molecule is CCS(=O)(=O)c1ccc(CNC(=O)c2cnc3c(c2)CN(c2ncc(C(F)(F)F)cn2)C3C(C)C)cc1. The Morgan fingerprint density at radius 2 is 1.76 bits per heavy atom. The lowest BCUT2D eigenvalue weighted by Gasteiger charge is -2.27. The Bertz CT molecular complexity index is 1390. The molecule has 0 saturated carbocycles. The zero-order valence-corrected chi connectivity index (χ0v) is 21.3. The molecule has 3 aromatic rings. The second-order valence-electron chi connectivity index (χ2n) is 9.08. The van der Waals surface area contributed by atoms with Gasteiger partial charge in [0.1, 0.15) is 0 Å². The predicted octanol–water partition coefficient (Wildman–Crippen LogP) is 4.33. The highest BCUT2D eigenvalue weighted by atomic mass is 32.2. The largest absolute Gasteiger partial charge is 0.419 e. The van der Waals surface area contributed by atoms with Gasteiger partial charge in [-0.1, -0.05) is 32.9 Å². The molecule has 1 aromatic carbocycles. The third-order valence-corrected chi connectivity index (χ3v) is 7.94. The molecular weight excluding hydrogens is 507 g/mol. The van der Waals surface area contributed by atoms with Gasteiger partial charge < -0.3 is 10.2 Å². The molecule has 0 saturated heterocycles. The van der Waals surface area contributed by atoms with E-state index in [9.17, 15) is 26.4 Å². The number of hydrogen-bond acceptors (Lipinski definition) is 7. The number of fused-ring (bicyclic) bond motifs is 1. The van der Waals surface area contributed by atoms with E-state index in [-0.39, 0.29) is 41.0 Å². The van der Waals surface area contributed by atoms with E-state index in [2.05, 4.69) is 20.3 Å². The first kappa shape index (κ1) is 26.5. The molecule has 1 atom stereocenters. The monoisotopic (exact) mass is 533 g/mol. The Morgan fingerprint density at radius 1 is 1.11 bits per heavy atom. The van der Waals surface area contributed by atoms with Gasteiger partial charge in [-0.3, -0.25) is 9.78 Å². The third-order valence-electron chi connectivity index (χ3n) is 6.19. The van der Waals surface area contributed by atoms with Crippen LogP contribution in [0.3, 0.4) is 0 Å². The number of nitrogens with one attached hydrogen (secondary N) is 1. The van der Waals surface area contributed by atoms with Crippen LogP contribution in [0.15, 0.2) is 53.8 Å². The topological polar surface area (TPSA) is 105 Å². The molecule has 1 N–H and O–H groups in total. The van der Waals surface area contributed by atoms with Crippen LogP contribution in [0.4, 0.5) is 19.1 Å². The molecule has 37 heavy (non-hydrogen) atoms. The number of anilines is 1. The van der Waals surface area contributed by atoms with Crippen molar-refractivity contribution in [3.63, 3.8) is 0 Å². The molecule has 1 unspecified atom stereocenters. The maximum absolute atomic E-state index is 12.9. The van der Waals surface area contributed by atoms with Gasteiger partial charge in [-0.15, -0.1) is 0 Å². The standard InChI is InChI=1S/C25H26F3N5O3S/c1-4-37(35,36)20-7-5-16(6-8-20)10-30-23(34)17-9-18-14-33(22(15(2)3)21(18)29-11-17)24-31-12-19(13-32-24)25(26,27)28/h5-9,11-13,15,22H,4,10,14H2,1-3H3,(H,30,34). The number of benzene rings is 1. The summed E-state index contributed by atoms with van der Waals surface area (Å²) >= 11 is 0. The minimum absolute atomic E-state index is 0.00843. The highest BCUT2D eigenvalue weighted by molar-refractivity contribution is 7.91. The number of rotatable bonds is 7. The van der Waals surface area contributed by atoms with Gasteiger partial charge in [0.25, 0.3) is 5.91 Å². The lowest BCUT2D eigenvalue weighted by atomic mass is 9.99. The van der Waals surface area contributed by atoms with E-state index in [1.54, 1.807) is 30.0 Å². The van der Waals surface area contributed by atoms with Gasteiger partial charge >= 0.3 is 6.18 Å². The van der Waals surface area contributed by atoms with Crippen LogP contribution in [0.1, 0.15) is 59.6 Å². The molecule has 196 valence electrons. The molecule has 8 nitrogen and oxygen atoms in total. The highest BCUT2D eigenvalue weighted by Crippen LogP contribution is 2.40. The zero-order valence-electron chi connectivity index (χ0n) is 20.5. The van der Waals surface area contributed by atoms with Crippen molar-refractivity contribution in [1.82, 2.24) is 20.3 Å². The normalized spacial score (nSPS) is 15.6. The van der Waals surface area contributed by atoms with Gasteiger partial charge in [-0.05, 0) is 35.2 Å². The highest BCUT2D eigenvalue weighted by Gasteiger charge is 2.37. The van der Waals surface area contributed by atoms with Crippen LogP contribution in [-0.4, -0.2) is 35.0 Å². The van der Waals surface area contributed by atoms with E-state index in [4.69, 9.17) is 0 Å². The summed E-state index contributed by atoms with van der Waals surface area (Å²) in [5.41, 5.74) is 1.64. The van der Waals surface area contributed by atoms with Gasteiger partial charge in [0.05, 0.1) is 33.5 Å². The summed E-state index contributed by atoms with van der Waals surface area (Å²) in [5, 5.41) is 2.80. The number of amides is 1. The summed E-state index contributed by atoms with van der Waals surface area (Å²) in [6.45, 7) is 6.01. The first-order valence-electron chi connectivity index (χ1n) is 11.6. The van der Waals surface area contributed by atoms with Crippen LogP contribution in [0.25, 0.3) is 0 Å². The van der Waals surface area contributed by atoms with Crippen LogP contribution in [0.5, 0.6) is 0 Å². The minimum Gasteiger partial charge on any atom is -0.348 e. The van der Waals surface area contributed by atoms with Crippen molar-refractivity contribution in [1.29, 1.82) is 0 Å². The zero-order chi connectivity index (χ0) is 27.0. The maximum Gasteiger partial charge on any atom is 0.419 e. The Kier molecular flexibility index (Phi) is 7.22. The summed E-state index contributed by atoms with van der Waals surface area (Å²) in [7, 11) is -3.30. The maximum atomic E-state index is 12.9. The smallest absolute Gasteiger partial charge is 0.348 e. The van der Waals surface area contributed by atoms with E-state index in [1.807, 2.05) is 13.8 Å². The Balaban J connectivity index is 1.49. The molecule has 0 bridgehead atoms. The Morgan fingerprint density at radius 3 is 2.32 bits per heavy atom. The summed E-state index contributed by atoms with van der Waals surface area (Å²) in [6, 6.07) is 7.79. The molecule has 3 heterocycles. The van der Waals surface area contributed by atoms with Crippen LogP contribution in [0, 0.1) is 5.92 Å². The average Bonchev–Trinajstić information content (AvgIpc) is 3.26. The van der Waals surface area contributed by atoms with E-state index < -0.39 is 21.6 Å². The molecule has 1 aliphatic rings. The molecule has 2 aromatic heterocycles. The van der Waals surface area contributed by atoms with Gasteiger partial charge in [-0.2, -0.15) is 13.2 Å². The number of halogens is 3. The molecule has 0 radical (unpaired) electrons. The summed E-state index contributed by atoms with van der Waals surface area (Å²) < 4.78 is 62.7. The Hall–Kier alpha value is -3.54. The summed E-state index contributed by atoms with van der Waals surface area (Å²) in [4.78, 5) is 27.2. The van der Waals surface area contributed by atoms with Crippen LogP contribution in [0.2, 0.25) is 0 Å². The van der Waals surface area contributed by atoms with E-state index in [0.29, 0.717) is 12.1 Å². The molecule has 12 heteroatoms. The number of carbonyl (C=O) groups excluding carboxylic acids is 1. The fourth-order valence-electron chi connectivity index (χ4n) is 4.22. The van der Waals surface area contributed by atoms with Crippen molar-refractivity contribution >= 4 is 21.7 Å². The van der Waals surface area contributed by atoms with Crippen molar-refractivity contribution < 1.29 is 26.4 Å². The van der Waals surface area contributed by atoms with Crippen LogP contribution >= 0.6 is 0 Å². The first-order chi connectivity index (χ1) is 17.4. The van der Waals surface area contributed by atoms with Crippen molar-refractivity contribution in [3.05, 3.63) is 76.9 Å². The molecule has 0 spiro atoms. The van der Waals surface area contributed by atoms with Crippen LogP contribution < -0.4 is 10.2 Å². The predicted molar refractivity (Wildman–Crippen MR) is 130 cm³/mol. The van der Waals surface area contributed by atoms with Crippen molar-refractivity contribution in [3.8, 4) is 0 Å². The number of pyridine rings is 1. The number of aromatic nitrogens is 3. The fraction of sp³-hybridized carbons (Fsp3) is 0.360. The van der Waals surface area contributed by atoms with Gasteiger partial charge in [0.15, 0.2) is 9.84 Å². The molecule has 4 rings (SSSR count). The van der Waals surface area contributed by atoms with Gasteiger partial charge in [-0.25, -0.2) is 18.4 Å². The van der Waals surface area contributed by atoms with Crippen molar-refractivity contribution in [2.75, 3.05) is 10.7 Å². The summed E-state index contributed by atoms with van der Waals surface area (Å²) in [5.74, 6) is -0.136. The number of carbonyl (C=O) groups is 1. The fourth-order valence-corrected chi connectivity index (χ4v) is 5.10. The van der Waals surface area contributed by atoms with Crippen molar-refractivity contribution in [2.24, 2.45) is 5.92 Å². The quantitative estimate of drug-likeness (QED) is 0.482. The number of nitrogens with zero attached hydrogens (tertiary/aromatic N) is 4. The lowest BCUT2D eigenvalue weighted by Crippen LogP contribution is -2.27. The van der Waals surface area contributed by atoms with E-state index >= 15 is 0 Å². The van der Waals surface area contributed by atoms with E-state index in [0.717, 1.165) is 29.2 Å². The lowest BCUT2D eigenvalue weighted by molar-refractivity contribution is -0.138. The van der Waals surface area contributed by atoms with Gasteiger partial charge in [0.2, 0.25) is 5.95 Å². The van der Waals surface area contributed by atoms with E-state index in [1.165, 1.54) is 18.3 Å². The number of hydrogen-bond donors (Lipinski definition) is 1. The molecule has 0 fully saturated rings. The molecule has 1 aliphatic heterocycles. The van der Waals surface area contributed by atoms with Crippen LogP contribution in [-0.2, 0) is 29.1 Å². The number of alkyl halides is 3.